The van der Waals surface area contributed by atoms with Crippen LogP contribution in [0.2, 0.25) is 0 Å². The number of nitrogens with zero attached hydrogens (tertiary/aromatic N) is 3. The maximum Gasteiger partial charge on any atom is 0.261 e. The van der Waals surface area contributed by atoms with Crippen LogP contribution in [0.15, 0.2) is 22.7 Å². The Bertz CT molecular complexity index is 626. The Kier molecular flexibility index (Phi) is 3.76. The summed E-state index contributed by atoms with van der Waals surface area (Å²) in [7, 11) is 3.89. The second kappa shape index (κ2) is 5.71. The van der Waals surface area contributed by atoms with Gasteiger partial charge in [0.25, 0.3) is 5.89 Å². The first-order chi connectivity index (χ1) is 10.1. The number of hydrogen-bond donors (Lipinski definition) is 1. The number of hydrogen-bond acceptors (Lipinski definition) is 7. The van der Waals surface area contributed by atoms with Gasteiger partial charge in [-0.05, 0) is 26.2 Å². The molecule has 0 fully saturated rings. The van der Waals surface area contributed by atoms with Crippen LogP contribution in [-0.2, 0) is 0 Å². The lowest BCUT2D eigenvalue weighted by molar-refractivity contribution is 0.172. The minimum absolute atomic E-state index is 0.297. The molecule has 112 valence electrons. The van der Waals surface area contributed by atoms with Crippen molar-refractivity contribution in [2.45, 2.75) is 6.04 Å². The summed E-state index contributed by atoms with van der Waals surface area (Å²) in [6.45, 7) is 1.69. The Hall–Kier alpha value is -2.12. The normalized spacial score (nSPS) is 15.2. The fourth-order valence-corrected chi connectivity index (χ4v) is 2.21. The first kappa shape index (κ1) is 13.8. The lowest BCUT2D eigenvalue weighted by Gasteiger charge is -2.19. The third-order valence-electron chi connectivity index (χ3n) is 3.13. The van der Waals surface area contributed by atoms with E-state index in [1.165, 1.54) is 0 Å². The average Bonchev–Trinajstić information content (AvgIpc) is 2.95. The van der Waals surface area contributed by atoms with Gasteiger partial charge in [-0.25, -0.2) is 0 Å². The van der Waals surface area contributed by atoms with Crippen molar-refractivity contribution in [2.75, 3.05) is 33.9 Å². The quantitative estimate of drug-likeness (QED) is 0.901. The third-order valence-corrected chi connectivity index (χ3v) is 3.13. The number of ether oxygens (including phenoxy) is 2. The molecule has 0 aliphatic carbocycles. The highest BCUT2D eigenvalue weighted by Crippen LogP contribution is 2.39. The Labute approximate surface area is 122 Å². The Morgan fingerprint density at radius 3 is 2.90 bits per heavy atom. The largest absolute Gasteiger partial charge is 0.486 e. The number of aromatic nitrogens is 2. The van der Waals surface area contributed by atoms with Gasteiger partial charge in [-0.2, -0.15) is 4.98 Å². The van der Waals surface area contributed by atoms with Gasteiger partial charge in [-0.1, -0.05) is 11.2 Å². The smallest absolute Gasteiger partial charge is 0.261 e. The molecule has 7 nitrogen and oxygen atoms in total. The standard InChI is InChI=1S/C14H18N4O3/c1-18(2)8-10(15)13-16-14(21-17-13)9-4-3-5-11-12(9)20-7-6-19-11/h3-5,10H,6-8,15H2,1-2H3. The van der Waals surface area contributed by atoms with Crippen molar-refractivity contribution in [3.8, 4) is 23.0 Å². The molecule has 2 aromatic rings. The summed E-state index contributed by atoms with van der Waals surface area (Å²) in [5.74, 6) is 2.20. The van der Waals surface area contributed by atoms with Gasteiger partial charge in [0.2, 0.25) is 0 Å². The van der Waals surface area contributed by atoms with Gasteiger partial charge in [0, 0.05) is 6.54 Å². The van der Waals surface area contributed by atoms with Gasteiger partial charge in [0.1, 0.15) is 13.2 Å². The molecule has 0 radical (unpaired) electrons. The predicted molar refractivity (Wildman–Crippen MR) is 76.2 cm³/mol. The zero-order valence-corrected chi connectivity index (χ0v) is 12.1. The van der Waals surface area contributed by atoms with Crippen molar-refractivity contribution in [1.29, 1.82) is 0 Å². The second-order valence-electron chi connectivity index (χ2n) is 5.16. The molecule has 21 heavy (non-hydrogen) atoms. The van der Waals surface area contributed by atoms with Crippen molar-refractivity contribution < 1.29 is 14.0 Å². The van der Waals surface area contributed by atoms with E-state index in [1.807, 2.05) is 37.2 Å². The SMILES string of the molecule is CN(C)CC(N)c1noc(-c2cccc3c2OCCO3)n1. The minimum atomic E-state index is -0.297. The number of likely N-dealkylation sites (N-methyl/N-ethyl adjacent to an activating group) is 1. The molecule has 1 aromatic heterocycles. The topological polar surface area (TPSA) is 86.6 Å². The molecular formula is C14H18N4O3. The van der Waals surface area contributed by atoms with E-state index in [9.17, 15) is 0 Å². The fourth-order valence-electron chi connectivity index (χ4n) is 2.21. The summed E-state index contributed by atoms with van der Waals surface area (Å²) >= 11 is 0. The summed E-state index contributed by atoms with van der Waals surface area (Å²) in [6, 6.07) is 5.29. The van der Waals surface area contributed by atoms with E-state index in [-0.39, 0.29) is 6.04 Å². The maximum atomic E-state index is 6.04. The number of rotatable bonds is 4. The molecule has 2 N–H and O–H groups in total. The van der Waals surface area contributed by atoms with Crippen LogP contribution in [0.5, 0.6) is 11.5 Å². The van der Waals surface area contributed by atoms with Gasteiger partial charge in [0.15, 0.2) is 17.3 Å². The first-order valence-electron chi connectivity index (χ1n) is 6.78. The van der Waals surface area contributed by atoms with Crippen molar-refractivity contribution in [1.82, 2.24) is 15.0 Å². The van der Waals surface area contributed by atoms with Gasteiger partial charge in [-0.3, -0.25) is 0 Å². The summed E-state index contributed by atoms with van der Waals surface area (Å²) < 4.78 is 16.5. The van der Waals surface area contributed by atoms with Crippen molar-refractivity contribution in [3.63, 3.8) is 0 Å². The molecule has 3 rings (SSSR count). The molecule has 0 spiro atoms. The Balaban J connectivity index is 1.90. The van der Waals surface area contributed by atoms with E-state index < -0.39 is 0 Å². The van der Waals surface area contributed by atoms with Crippen LogP contribution in [0.3, 0.4) is 0 Å². The molecule has 0 saturated heterocycles. The monoisotopic (exact) mass is 290 g/mol. The third kappa shape index (κ3) is 2.84. The van der Waals surface area contributed by atoms with Crippen molar-refractivity contribution >= 4 is 0 Å². The highest BCUT2D eigenvalue weighted by molar-refractivity contribution is 5.67. The van der Waals surface area contributed by atoms with Crippen molar-refractivity contribution in [2.24, 2.45) is 5.73 Å². The predicted octanol–water partition coefficient (Wildman–Crippen LogP) is 1.07. The van der Waals surface area contributed by atoms with Gasteiger partial charge in [0.05, 0.1) is 11.6 Å². The van der Waals surface area contributed by atoms with E-state index >= 15 is 0 Å². The number of nitrogens with two attached hydrogens (primary N) is 1. The lowest BCUT2D eigenvalue weighted by Crippen LogP contribution is -2.26. The highest BCUT2D eigenvalue weighted by Gasteiger charge is 2.22. The molecule has 2 heterocycles. The van der Waals surface area contributed by atoms with E-state index in [0.29, 0.717) is 43.0 Å². The molecule has 0 saturated carbocycles. The first-order valence-corrected chi connectivity index (χ1v) is 6.78. The van der Waals surface area contributed by atoms with Crippen LogP contribution in [-0.4, -0.2) is 48.9 Å². The van der Waals surface area contributed by atoms with Gasteiger partial charge >= 0.3 is 0 Å². The molecule has 0 amide bonds. The highest BCUT2D eigenvalue weighted by atomic mass is 16.6. The van der Waals surface area contributed by atoms with E-state index in [4.69, 9.17) is 19.7 Å². The molecule has 1 aliphatic rings. The van der Waals surface area contributed by atoms with Crippen LogP contribution in [0.25, 0.3) is 11.5 Å². The Morgan fingerprint density at radius 2 is 2.10 bits per heavy atom. The summed E-state index contributed by atoms with van der Waals surface area (Å²) in [5.41, 5.74) is 6.77. The Morgan fingerprint density at radius 1 is 1.29 bits per heavy atom. The van der Waals surface area contributed by atoms with Gasteiger partial charge < -0.3 is 24.6 Å². The molecule has 1 aliphatic heterocycles. The lowest BCUT2D eigenvalue weighted by atomic mass is 10.1. The fraction of sp³-hybridized carbons (Fsp3) is 0.429. The van der Waals surface area contributed by atoms with E-state index in [0.717, 1.165) is 5.56 Å². The summed E-state index contributed by atoms with van der Waals surface area (Å²) in [4.78, 5) is 6.35. The molecular weight excluding hydrogens is 272 g/mol. The van der Waals surface area contributed by atoms with Crippen LogP contribution >= 0.6 is 0 Å². The van der Waals surface area contributed by atoms with Crippen molar-refractivity contribution in [3.05, 3.63) is 24.0 Å². The summed E-state index contributed by atoms with van der Waals surface area (Å²) in [5, 5.41) is 3.96. The average molecular weight is 290 g/mol. The number of para-hydroxylation sites is 1. The number of fused-ring (bicyclic) bond motifs is 1. The molecule has 1 aromatic carbocycles. The summed E-state index contributed by atoms with van der Waals surface area (Å²) in [6.07, 6.45) is 0. The molecule has 0 bridgehead atoms. The molecule has 1 atom stereocenters. The zero-order valence-electron chi connectivity index (χ0n) is 12.1. The van der Waals surface area contributed by atoms with Crippen LogP contribution in [0.1, 0.15) is 11.9 Å². The zero-order chi connectivity index (χ0) is 14.8. The van der Waals surface area contributed by atoms with E-state index in [1.54, 1.807) is 0 Å². The maximum absolute atomic E-state index is 6.04. The van der Waals surface area contributed by atoms with Crippen LogP contribution in [0, 0.1) is 0 Å². The molecule has 1 unspecified atom stereocenters. The van der Waals surface area contributed by atoms with Crippen LogP contribution < -0.4 is 15.2 Å². The van der Waals surface area contributed by atoms with E-state index in [2.05, 4.69) is 10.1 Å². The second-order valence-corrected chi connectivity index (χ2v) is 5.16. The molecule has 7 heteroatoms. The number of benzene rings is 1. The van der Waals surface area contributed by atoms with Gasteiger partial charge in [-0.15, -0.1) is 0 Å². The van der Waals surface area contributed by atoms with Crippen LogP contribution in [0.4, 0.5) is 0 Å². The minimum Gasteiger partial charge on any atom is -0.486 e.